The second-order valence-corrected chi connectivity index (χ2v) is 10.5. The van der Waals surface area contributed by atoms with Gasteiger partial charge in [0.05, 0.1) is 22.3 Å². The highest BCUT2D eigenvalue weighted by Crippen LogP contribution is 2.36. The molecule has 2 atom stereocenters. The molecule has 3 rings (SSSR count). The normalized spacial score (nSPS) is 12.3. The van der Waals surface area contributed by atoms with Gasteiger partial charge in [0.25, 0.3) is 11.8 Å². The van der Waals surface area contributed by atoms with Crippen molar-refractivity contribution in [2.75, 3.05) is 13.2 Å². The Kier molecular flexibility index (Phi) is 12.5. The summed E-state index contributed by atoms with van der Waals surface area (Å²) in [6.07, 6.45) is 0.592. The Balaban J connectivity index is 1.73. The number of carbonyl (C=O) groups excluding carboxylic acids is 2. The number of nitrogens with one attached hydrogen (secondary N) is 2. The Morgan fingerprint density at radius 2 is 1.76 bits per heavy atom. The minimum absolute atomic E-state index is 0.192. The fraction of sp³-hybridized carbons (Fsp3) is 0.241. The van der Waals surface area contributed by atoms with Crippen LogP contribution in [0.2, 0.25) is 10.0 Å². The third-order valence-corrected chi connectivity index (χ3v) is 6.66. The van der Waals surface area contributed by atoms with Gasteiger partial charge in [0.1, 0.15) is 11.8 Å². The Morgan fingerprint density at radius 3 is 2.43 bits per heavy atom. The van der Waals surface area contributed by atoms with E-state index in [0.29, 0.717) is 27.4 Å². The van der Waals surface area contributed by atoms with Crippen molar-refractivity contribution in [1.82, 2.24) is 10.7 Å². The zero-order chi connectivity index (χ0) is 30.6. The van der Waals surface area contributed by atoms with Gasteiger partial charge in [-0.15, -0.1) is 0 Å². The van der Waals surface area contributed by atoms with Crippen molar-refractivity contribution in [1.29, 1.82) is 0 Å². The Hall–Kier alpha value is -3.80. The summed E-state index contributed by atoms with van der Waals surface area (Å²) in [5.74, 6) is -1.44. The van der Waals surface area contributed by atoms with Crippen molar-refractivity contribution in [3.05, 3.63) is 86.3 Å². The number of nitrogens with zero attached hydrogens (tertiary/aromatic N) is 1. The van der Waals surface area contributed by atoms with Gasteiger partial charge < -0.3 is 24.6 Å². The first-order chi connectivity index (χ1) is 20.1. The molecule has 0 saturated heterocycles. The molecule has 0 radical (unpaired) electrons. The molecule has 0 aliphatic heterocycles. The third kappa shape index (κ3) is 9.93. The topological polar surface area (TPSA) is 136 Å². The Labute approximate surface area is 261 Å². The monoisotopic (exact) mass is 679 g/mol. The second kappa shape index (κ2) is 16.0. The quantitative estimate of drug-likeness (QED) is 0.156. The molecule has 0 heterocycles. The molecule has 0 unspecified atom stereocenters. The van der Waals surface area contributed by atoms with Gasteiger partial charge in [-0.05, 0) is 71.2 Å². The molecule has 10 nitrogen and oxygen atoms in total. The highest BCUT2D eigenvalue weighted by atomic mass is 79.9. The standard InChI is InChI=1S/C29H28BrCl2N3O7/c1-3-40-25-13-19(11-21(30)27(25)41-16-26(36)37)15-33-35-29(39)23(12-18-7-5-4-6-8-18)34-28(38)17(2)42-24-10-9-20(31)14-22(24)32/h4-11,13-15,17,23H,3,12,16H2,1-2H3,(H,34,38)(H,35,39)(H,36,37)/b33-15-/t17-,23+/m0/s1. The number of carboxylic acid groups (broad SMARTS) is 1. The summed E-state index contributed by atoms with van der Waals surface area (Å²) in [6, 6.07) is 16.0. The molecular formula is C29H28BrCl2N3O7. The van der Waals surface area contributed by atoms with Crippen molar-refractivity contribution >= 4 is 63.1 Å². The van der Waals surface area contributed by atoms with Gasteiger partial charge in [0.15, 0.2) is 24.2 Å². The van der Waals surface area contributed by atoms with Gasteiger partial charge in [-0.2, -0.15) is 5.10 Å². The fourth-order valence-electron chi connectivity index (χ4n) is 3.61. The highest BCUT2D eigenvalue weighted by Gasteiger charge is 2.25. The molecule has 0 bridgehead atoms. The lowest BCUT2D eigenvalue weighted by Crippen LogP contribution is -2.50. The van der Waals surface area contributed by atoms with Crippen LogP contribution in [0, 0.1) is 0 Å². The van der Waals surface area contributed by atoms with Gasteiger partial charge in [0, 0.05) is 11.4 Å². The lowest BCUT2D eigenvalue weighted by molar-refractivity contribution is -0.139. The van der Waals surface area contributed by atoms with E-state index in [2.05, 4.69) is 31.8 Å². The molecule has 2 amide bonds. The van der Waals surface area contributed by atoms with E-state index in [9.17, 15) is 14.4 Å². The third-order valence-electron chi connectivity index (χ3n) is 5.54. The fourth-order valence-corrected chi connectivity index (χ4v) is 4.64. The van der Waals surface area contributed by atoms with Crippen LogP contribution < -0.4 is 25.0 Å². The number of carboxylic acids is 1. The number of halogens is 3. The first kappa shape index (κ1) is 32.7. The van der Waals surface area contributed by atoms with Crippen molar-refractivity contribution in [3.63, 3.8) is 0 Å². The number of hydrogen-bond donors (Lipinski definition) is 3. The number of benzene rings is 3. The summed E-state index contributed by atoms with van der Waals surface area (Å²) in [5.41, 5.74) is 3.81. The van der Waals surface area contributed by atoms with Gasteiger partial charge in [-0.25, -0.2) is 10.2 Å². The molecule has 42 heavy (non-hydrogen) atoms. The van der Waals surface area contributed by atoms with E-state index in [1.807, 2.05) is 30.3 Å². The zero-order valence-electron chi connectivity index (χ0n) is 22.6. The predicted octanol–water partition coefficient (Wildman–Crippen LogP) is 5.26. The highest BCUT2D eigenvalue weighted by molar-refractivity contribution is 9.10. The number of hydrazone groups is 1. The van der Waals surface area contributed by atoms with Crippen LogP contribution in [-0.4, -0.2) is 54.5 Å². The first-order valence-electron chi connectivity index (χ1n) is 12.7. The van der Waals surface area contributed by atoms with Crippen LogP contribution in [0.15, 0.2) is 70.2 Å². The number of rotatable bonds is 14. The smallest absolute Gasteiger partial charge is 0.341 e. The molecule has 0 aromatic heterocycles. The summed E-state index contributed by atoms with van der Waals surface area (Å²) in [5, 5.41) is 16.4. The first-order valence-corrected chi connectivity index (χ1v) is 14.2. The minimum Gasteiger partial charge on any atom is -0.490 e. The van der Waals surface area contributed by atoms with Gasteiger partial charge in [0.2, 0.25) is 0 Å². The molecule has 0 saturated carbocycles. The summed E-state index contributed by atoms with van der Waals surface area (Å²) >= 11 is 15.4. The summed E-state index contributed by atoms with van der Waals surface area (Å²) in [4.78, 5) is 37.1. The molecule has 0 fully saturated rings. The largest absolute Gasteiger partial charge is 0.490 e. The van der Waals surface area contributed by atoms with Crippen molar-refractivity contribution in [2.24, 2.45) is 5.10 Å². The zero-order valence-corrected chi connectivity index (χ0v) is 25.7. The average molecular weight is 681 g/mol. The van der Waals surface area contributed by atoms with E-state index < -0.39 is 36.5 Å². The van der Waals surface area contributed by atoms with Crippen LogP contribution in [0.25, 0.3) is 0 Å². The molecule has 0 aliphatic carbocycles. The summed E-state index contributed by atoms with van der Waals surface area (Å²) < 4.78 is 17.0. The van der Waals surface area contributed by atoms with E-state index in [4.69, 9.17) is 42.5 Å². The van der Waals surface area contributed by atoms with E-state index >= 15 is 0 Å². The van der Waals surface area contributed by atoms with E-state index in [0.717, 1.165) is 5.56 Å². The van der Waals surface area contributed by atoms with Crippen LogP contribution in [0.1, 0.15) is 25.0 Å². The SMILES string of the molecule is CCOc1cc(/C=N\NC(=O)[C@@H](Cc2ccccc2)NC(=O)[C@H](C)Oc2ccc(Cl)cc2Cl)cc(Br)c1OCC(=O)O. The van der Waals surface area contributed by atoms with Crippen molar-refractivity contribution in [2.45, 2.75) is 32.4 Å². The van der Waals surface area contributed by atoms with Crippen LogP contribution in [0.3, 0.4) is 0 Å². The van der Waals surface area contributed by atoms with Crippen LogP contribution in [-0.2, 0) is 20.8 Å². The predicted molar refractivity (Wildman–Crippen MR) is 163 cm³/mol. The molecule has 0 spiro atoms. The lowest BCUT2D eigenvalue weighted by Gasteiger charge is -2.21. The Morgan fingerprint density at radius 1 is 1.02 bits per heavy atom. The molecule has 0 aliphatic rings. The molecule has 3 N–H and O–H groups in total. The molecule has 13 heteroatoms. The van der Waals surface area contributed by atoms with E-state index in [-0.39, 0.29) is 22.9 Å². The van der Waals surface area contributed by atoms with E-state index in [1.54, 1.807) is 31.2 Å². The maximum absolute atomic E-state index is 13.2. The lowest BCUT2D eigenvalue weighted by atomic mass is 10.1. The summed E-state index contributed by atoms with van der Waals surface area (Å²) in [7, 11) is 0. The second-order valence-electron chi connectivity index (χ2n) is 8.77. The van der Waals surface area contributed by atoms with E-state index in [1.165, 1.54) is 19.2 Å². The molecule has 3 aromatic carbocycles. The summed E-state index contributed by atoms with van der Waals surface area (Å²) in [6.45, 7) is 3.06. The number of ether oxygens (including phenoxy) is 3. The van der Waals surface area contributed by atoms with Crippen molar-refractivity contribution < 1.29 is 33.7 Å². The maximum Gasteiger partial charge on any atom is 0.341 e. The Bertz CT molecular complexity index is 1440. The average Bonchev–Trinajstić information content (AvgIpc) is 2.94. The van der Waals surface area contributed by atoms with Gasteiger partial charge >= 0.3 is 5.97 Å². The number of hydrogen-bond acceptors (Lipinski definition) is 7. The van der Waals surface area contributed by atoms with Crippen LogP contribution >= 0.6 is 39.1 Å². The van der Waals surface area contributed by atoms with Crippen LogP contribution in [0.4, 0.5) is 0 Å². The van der Waals surface area contributed by atoms with Gasteiger partial charge in [-0.1, -0.05) is 53.5 Å². The minimum atomic E-state index is -1.13. The maximum atomic E-state index is 13.2. The number of aliphatic carboxylic acids is 1. The molecule has 3 aromatic rings. The molecular weight excluding hydrogens is 653 g/mol. The van der Waals surface area contributed by atoms with Crippen molar-refractivity contribution in [3.8, 4) is 17.2 Å². The number of amides is 2. The van der Waals surface area contributed by atoms with Gasteiger partial charge in [-0.3, -0.25) is 9.59 Å². The number of carbonyl (C=O) groups is 3. The van der Waals surface area contributed by atoms with Crippen LogP contribution in [0.5, 0.6) is 17.2 Å². The molecule has 222 valence electrons.